The van der Waals surface area contributed by atoms with Gasteiger partial charge in [-0.15, -0.1) is 0 Å². The molecule has 0 aliphatic rings. The fourth-order valence-electron chi connectivity index (χ4n) is 2.48. The molecule has 0 aliphatic heterocycles. The number of fused-ring (bicyclic) bond motifs is 1. The van der Waals surface area contributed by atoms with E-state index in [-0.39, 0.29) is 5.56 Å². The smallest absolute Gasteiger partial charge is 0.252 e. The Morgan fingerprint density at radius 3 is 2.78 bits per heavy atom. The molecule has 0 unspecified atom stereocenters. The maximum atomic E-state index is 12.0. The first kappa shape index (κ1) is 13.3. The monoisotopic (exact) mass is 303 g/mol. The normalized spacial score (nSPS) is 10.8. The fourth-order valence-corrected chi connectivity index (χ4v) is 2.48. The van der Waals surface area contributed by atoms with Gasteiger partial charge in [-0.05, 0) is 24.3 Å². The van der Waals surface area contributed by atoms with Crippen LogP contribution in [0, 0.1) is 0 Å². The van der Waals surface area contributed by atoms with Crippen LogP contribution in [0.3, 0.4) is 0 Å². The predicted octanol–water partition coefficient (Wildman–Crippen LogP) is 3.06. The number of nitrogens with one attached hydrogen (secondary N) is 3. The maximum absolute atomic E-state index is 12.0. The van der Waals surface area contributed by atoms with E-state index in [9.17, 15) is 4.79 Å². The van der Waals surface area contributed by atoms with Crippen LogP contribution in [-0.4, -0.2) is 19.9 Å². The summed E-state index contributed by atoms with van der Waals surface area (Å²) in [6, 6.07) is 14.8. The van der Waals surface area contributed by atoms with Gasteiger partial charge < -0.3 is 10.3 Å². The number of aromatic nitrogens is 4. The van der Waals surface area contributed by atoms with E-state index in [1.807, 2.05) is 48.7 Å². The minimum absolute atomic E-state index is 0.216. The van der Waals surface area contributed by atoms with Crippen molar-refractivity contribution in [2.45, 2.75) is 0 Å². The van der Waals surface area contributed by atoms with Gasteiger partial charge in [-0.3, -0.25) is 9.78 Å². The summed E-state index contributed by atoms with van der Waals surface area (Å²) in [6.07, 6.45) is 3.53. The molecule has 6 nitrogen and oxygen atoms in total. The van der Waals surface area contributed by atoms with Gasteiger partial charge in [0.2, 0.25) is 5.95 Å². The molecule has 0 bridgehead atoms. The zero-order valence-electron chi connectivity index (χ0n) is 12.1. The second-order valence-corrected chi connectivity index (χ2v) is 5.07. The van der Waals surface area contributed by atoms with E-state index < -0.39 is 0 Å². The maximum Gasteiger partial charge on any atom is 0.252 e. The summed E-state index contributed by atoms with van der Waals surface area (Å²) >= 11 is 0. The van der Waals surface area contributed by atoms with Crippen LogP contribution < -0.4 is 10.9 Å². The SMILES string of the molecule is O=c1cc(-c2c[nH]c3ncccc23)nc(Nc2ccccc2)[nH]1. The van der Waals surface area contributed by atoms with Crippen LogP contribution in [0.5, 0.6) is 0 Å². The molecule has 4 aromatic rings. The summed E-state index contributed by atoms with van der Waals surface area (Å²) < 4.78 is 0. The first-order chi connectivity index (χ1) is 11.3. The van der Waals surface area contributed by atoms with Crippen molar-refractivity contribution < 1.29 is 0 Å². The van der Waals surface area contributed by atoms with Crippen molar-refractivity contribution in [3.8, 4) is 11.3 Å². The van der Waals surface area contributed by atoms with Crippen molar-refractivity contribution in [1.29, 1.82) is 0 Å². The van der Waals surface area contributed by atoms with E-state index in [1.165, 1.54) is 6.07 Å². The number of rotatable bonds is 3. The lowest BCUT2D eigenvalue weighted by Gasteiger charge is -2.06. The Balaban J connectivity index is 1.79. The number of benzene rings is 1. The van der Waals surface area contributed by atoms with Crippen molar-refractivity contribution in [1.82, 2.24) is 19.9 Å². The number of aromatic amines is 2. The average molecular weight is 303 g/mol. The highest BCUT2D eigenvalue weighted by atomic mass is 16.1. The highest BCUT2D eigenvalue weighted by Crippen LogP contribution is 2.25. The van der Waals surface area contributed by atoms with Gasteiger partial charge in [0.1, 0.15) is 5.65 Å². The number of pyridine rings is 1. The Morgan fingerprint density at radius 1 is 1.04 bits per heavy atom. The Labute approximate surface area is 131 Å². The summed E-state index contributed by atoms with van der Waals surface area (Å²) in [5.41, 5.74) is 2.84. The minimum Gasteiger partial charge on any atom is -0.345 e. The van der Waals surface area contributed by atoms with Gasteiger partial charge in [0.15, 0.2) is 0 Å². The standard InChI is InChI=1S/C17H13N5O/c23-15-9-14(13-10-19-16-12(13)7-4-8-18-16)21-17(22-15)20-11-5-2-1-3-6-11/h1-10H,(H,18,19)(H2,20,21,22,23). The van der Waals surface area contributed by atoms with Gasteiger partial charge >= 0.3 is 0 Å². The van der Waals surface area contributed by atoms with Crippen LogP contribution in [0.1, 0.15) is 0 Å². The quantitative estimate of drug-likeness (QED) is 0.543. The molecule has 4 rings (SSSR count). The highest BCUT2D eigenvalue weighted by Gasteiger charge is 2.10. The number of H-pyrrole nitrogens is 2. The molecule has 112 valence electrons. The molecule has 23 heavy (non-hydrogen) atoms. The number of hydrogen-bond acceptors (Lipinski definition) is 4. The third-order valence-corrected chi connectivity index (χ3v) is 3.51. The van der Waals surface area contributed by atoms with Crippen molar-refractivity contribution in [2.24, 2.45) is 0 Å². The molecule has 0 aliphatic carbocycles. The van der Waals surface area contributed by atoms with Gasteiger partial charge in [-0.2, -0.15) is 0 Å². The van der Waals surface area contributed by atoms with E-state index in [0.717, 1.165) is 22.3 Å². The first-order valence-corrected chi connectivity index (χ1v) is 7.15. The van der Waals surface area contributed by atoms with Crippen LogP contribution in [-0.2, 0) is 0 Å². The lowest BCUT2D eigenvalue weighted by molar-refractivity contribution is 1.13. The molecule has 0 saturated heterocycles. The molecular weight excluding hydrogens is 290 g/mol. The van der Waals surface area contributed by atoms with E-state index in [2.05, 4.69) is 25.3 Å². The van der Waals surface area contributed by atoms with E-state index in [0.29, 0.717) is 11.6 Å². The molecule has 1 aromatic carbocycles. The Kier molecular flexibility index (Phi) is 3.12. The lowest BCUT2D eigenvalue weighted by atomic mass is 10.1. The van der Waals surface area contributed by atoms with Gasteiger partial charge in [0.25, 0.3) is 5.56 Å². The molecule has 0 saturated carbocycles. The van der Waals surface area contributed by atoms with Crippen molar-refractivity contribution in [3.63, 3.8) is 0 Å². The fraction of sp³-hybridized carbons (Fsp3) is 0. The lowest BCUT2D eigenvalue weighted by Crippen LogP contribution is -2.10. The number of para-hydroxylation sites is 1. The highest BCUT2D eigenvalue weighted by molar-refractivity contribution is 5.92. The third-order valence-electron chi connectivity index (χ3n) is 3.51. The second kappa shape index (κ2) is 5.42. The van der Waals surface area contributed by atoms with E-state index in [1.54, 1.807) is 6.20 Å². The molecule has 0 fully saturated rings. The number of nitrogens with zero attached hydrogens (tertiary/aromatic N) is 2. The molecule has 3 aromatic heterocycles. The molecule has 0 amide bonds. The van der Waals surface area contributed by atoms with E-state index in [4.69, 9.17) is 0 Å². The Morgan fingerprint density at radius 2 is 1.91 bits per heavy atom. The summed E-state index contributed by atoms with van der Waals surface area (Å²) in [5, 5.41) is 4.03. The largest absolute Gasteiger partial charge is 0.345 e. The zero-order chi connectivity index (χ0) is 15.6. The van der Waals surface area contributed by atoms with Gasteiger partial charge in [0, 0.05) is 35.1 Å². The summed E-state index contributed by atoms with van der Waals surface area (Å²) in [4.78, 5) is 26.5. The van der Waals surface area contributed by atoms with Crippen molar-refractivity contribution in [2.75, 3.05) is 5.32 Å². The van der Waals surface area contributed by atoms with Crippen molar-refractivity contribution >= 4 is 22.7 Å². The van der Waals surface area contributed by atoms with Gasteiger partial charge in [-0.1, -0.05) is 18.2 Å². The molecule has 0 radical (unpaired) electrons. The second-order valence-electron chi connectivity index (χ2n) is 5.07. The third kappa shape index (κ3) is 2.57. The van der Waals surface area contributed by atoms with Crippen LogP contribution >= 0.6 is 0 Å². The molecule has 0 spiro atoms. The number of anilines is 2. The summed E-state index contributed by atoms with van der Waals surface area (Å²) in [7, 11) is 0. The molecule has 6 heteroatoms. The van der Waals surface area contributed by atoms with Gasteiger partial charge in [0.05, 0.1) is 5.69 Å². The Hall–Kier alpha value is -3.41. The summed E-state index contributed by atoms with van der Waals surface area (Å²) in [5.74, 6) is 0.400. The number of hydrogen-bond donors (Lipinski definition) is 3. The predicted molar refractivity (Wildman–Crippen MR) is 89.7 cm³/mol. The van der Waals surface area contributed by atoms with Crippen LogP contribution in [0.25, 0.3) is 22.3 Å². The van der Waals surface area contributed by atoms with Gasteiger partial charge in [-0.25, -0.2) is 9.97 Å². The van der Waals surface area contributed by atoms with Crippen LogP contribution in [0.2, 0.25) is 0 Å². The van der Waals surface area contributed by atoms with Crippen molar-refractivity contribution in [3.05, 3.63) is 71.3 Å². The van der Waals surface area contributed by atoms with E-state index >= 15 is 0 Å². The molecule has 3 heterocycles. The zero-order valence-corrected chi connectivity index (χ0v) is 12.1. The topological polar surface area (TPSA) is 86.5 Å². The first-order valence-electron chi connectivity index (χ1n) is 7.15. The molecule has 3 N–H and O–H groups in total. The van der Waals surface area contributed by atoms with Crippen LogP contribution in [0.15, 0.2) is 65.7 Å². The average Bonchev–Trinajstić information content (AvgIpc) is 2.99. The summed E-state index contributed by atoms with van der Waals surface area (Å²) in [6.45, 7) is 0. The molecular formula is C17H13N5O. The molecule has 0 atom stereocenters. The Bertz CT molecular complexity index is 1020. The van der Waals surface area contributed by atoms with Crippen LogP contribution in [0.4, 0.5) is 11.6 Å². The minimum atomic E-state index is -0.216.